The zero-order valence-corrected chi connectivity index (χ0v) is 11.7. The smallest absolute Gasteiger partial charge is 0.306 e. The Kier molecular flexibility index (Phi) is 8.53. The second-order valence-electron chi connectivity index (χ2n) is 4.59. The van der Waals surface area contributed by atoms with Gasteiger partial charge in [-0.25, -0.2) is 0 Å². The van der Waals surface area contributed by atoms with Crippen molar-refractivity contribution in [1.82, 2.24) is 5.32 Å². The van der Waals surface area contributed by atoms with E-state index >= 15 is 0 Å². The molecule has 3 nitrogen and oxygen atoms in total. The normalized spacial score (nSPS) is 17.0. The maximum Gasteiger partial charge on any atom is 0.306 e. The molecule has 17 heavy (non-hydrogen) atoms. The molecule has 1 N–H and O–H groups in total. The van der Waals surface area contributed by atoms with E-state index in [2.05, 4.69) is 12.2 Å². The van der Waals surface area contributed by atoms with Crippen LogP contribution in [0, 0.1) is 5.92 Å². The summed E-state index contributed by atoms with van der Waals surface area (Å²) >= 11 is 1.90. The second-order valence-corrected chi connectivity index (χ2v) is 5.74. The van der Waals surface area contributed by atoms with Crippen LogP contribution in [0.2, 0.25) is 0 Å². The van der Waals surface area contributed by atoms with Gasteiger partial charge in [0, 0.05) is 5.75 Å². The predicted molar refractivity (Wildman–Crippen MR) is 73.4 cm³/mol. The summed E-state index contributed by atoms with van der Waals surface area (Å²) in [4.78, 5) is 11.3. The molecule has 0 radical (unpaired) electrons. The summed E-state index contributed by atoms with van der Waals surface area (Å²) in [5.41, 5.74) is 0. The molecule has 4 heteroatoms. The Balaban J connectivity index is 1.90. The average molecular weight is 259 g/mol. The van der Waals surface area contributed by atoms with Gasteiger partial charge < -0.3 is 10.1 Å². The van der Waals surface area contributed by atoms with Crippen molar-refractivity contribution in [3.05, 3.63) is 0 Å². The molecule has 1 aliphatic rings. The van der Waals surface area contributed by atoms with Gasteiger partial charge in [0.1, 0.15) is 0 Å². The number of piperidine rings is 1. The molecule has 1 saturated heterocycles. The fourth-order valence-electron chi connectivity index (χ4n) is 1.86. The third-order valence-corrected chi connectivity index (χ3v) is 4.22. The second kappa shape index (κ2) is 9.77. The molecule has 0 spiro atoms. The lowest BCUT2D eigenvalue weighted by Gasteiger charge is -2.21. The van der Waals surface area contributed by atoms with E-state index in [-0.39, 0.29) is 5.97 Å². The number of hydrogen-bond donors (Lipinski definition) is 1. The van der Waals surface area contributed by atoms with Gasteiger partial charge >= 0.3 is 5.97 Å². The summed E-state index contributed by atoms with van der Waals surface area (Å²) in [6.45, 7) is 5.01. The highest BCUT2D eigenvalue weighted by Gasteiger charge is 2.12. The Labute approximate surface area is 109 Å². The van der Waals surface area contributed by atoms with Gasteiger partial charge in [0.05, 0.1) is 13.0 Å². The third kappa shape index (κ3) is 7.66. The monoisotopic (exact) mass is 259 g/mol. The zero-order chi connectivity index (χ0) is 12.3. The van der Waals surface area contributed by atoms with Gasteiger partial charge in [-0.2, -0.15) is 11.8 Å². The molecule has 0 unspecified atom stereocenters. The van der Waals surface area contributed by atoms with E-state index in [1.54, 1.807) is 0 Å². The van der Waals surface area contributed by atoms with Crippen molar-refractivity contribution in [2.75, 3.05) is 31.2 Å². The van der Waals surface area contributed by atoms with Gasteiger partial charge in [0.2, 0.25) is 0 Å². The van der Waals surface area contributed by atoms with Crippen LogP contribution < -0.4 is 5.32 Å². The maximum atomic E-state index is 11.3. The molecule has 1 fully saturated rings. The van der Waals surface area contributed by atoms with Crippen LogP contribution in [0.3, 0.4) is 0 Å². The SMILES string of the molecule is CCCCOC(=O)CCSCC1CCNCC1. The number of thioether (sulfide) groups is 1. The largest absolute Gasteiger partial charge is 0.466 e. The molecule has 0 amide bonds. The van der Waals surface area contributed by atoms with Gasteiger partial charge in [0.25, 0.3) is 0 Å². The van der Waals surface area contributed by atoms with Gasteiger partial charge in [-0.15, -0.1) is 0 Å². The summed E-state index contributed by atoms with van der Waals surface area (Å²) in [7, 11) is 0. The Morgan fingerprint density at radius 2 is 2.18 bits per heavy atom. The maximum absolute atomic E-state index is 11.3. The molecule has 0 bridgehead atoms. The van der Waals surface area contributed by atoms with Crippen LogP contribution in [0.4, 0.5) is 0 Å². The number of nitrogens with one attached hydrogen (secondary N) is 1. The van der Waals surface area contributed by atoms with E-state index in [0.717, 1.165) is 37.6 Å². The molecule has 0 atom stereocenters. The Hall–Kier alpha value is -0.220. The first-order valence-corrected chi connectivity index (χ1v) is 7.92. The van der Waals surface area contributed by atoms with Crippen molar-refractivity contribution in [3.8, 4) is 0 Å². The fourth-order valence-corrected chi connectivity index (χ4v) is 3.00. The van der Waals surface area contributed by atoms with Crippen LogP contribution in [0.1, 0.15) is 39.0 Å². The number of esters is 1. The van der Waals surface area contributed by atoms with E-state index in [9.17, 15) is 4.79 Å². The number of ether oxygens (including phenoxy) is 1. The highest BCUT2D eigenvalue weighted by atomic mass is 32.2. The molecule has 100 valence electrons. The summed E-state index contributed by atoms with van der Waals surface area (Å²) in [5.74, 6) is 2.92. The average Bonchev–Trinajstić information content (AvgIpc) is 2.36. The minimum Gasteiger partial charge on any atom is -0.466 e. The summed E-state index contributed by atoms with van der Waals surface area (Å²) in [6, 6.07) is 0. The molecular formula is C13H25NO2S. The van der Waals surface area contributed by atoms with E-state index in [4.69, 9.17) is 4.74 Å². The minimum atomic E-state index is -0.0312. The fraction of sp³-hybridized carbons (Fsp3) is 0.923. The van der Waals surface area contributed by atoms with Crippen molar-refractivity contribution in [2.45, 2.75) is 39.0 Å². The van der Waals surface area contributed by atoms with Gasteiger partial charge in [-0.3, -0.25) is 4.79 Å². The molecule has 0 saturated carbocycles. The number of rotatable bonds is 8. The lowest BCUT2D eigenvalue weighted by atomic mass is 10.0. The first-order valence-electron chi connectivity index (χ1n) is 6.77. The molecule has 0 aromatic heterocycles. The molecule has 0 aromatic rings. The Morgan fingerprint density at radius 3 is 2.88 bits per heavy atom. The molecular weight excluding hydrogens is 234 g/mol. The summed E-state index contributed by atoms with van der Waals surface area (Å²) in [6.07, 6.45) is 5.20. The molecule has 1 aliphatic heterocycles. The van der Waals surface area contributed by atoms with Crippen molar-refractivity contribution < 1.29 is 9.53 Å². The van der Waals surface area contributed by atoms with E-state index in [1.807, 2.05) is 11.8 Å². The van der Waals surface area contributed by atoms with E-state index < -0.39 is 0 Å². The predicted octanol–water partition coefficient (Wildman–Crippen LogP) is 2.45. The van der Waals surface area contributed by atoms with Crippen molar-refractivity contribution in [1.29, 1.82) is 0 Å². The first-order chi connectivity index (χ1) is 8.33. The standard InChI is InChI=1S/C13H25NO2S/c1-2-3-9-16-13(15)6-10-17-11-12-4-7-14-8-5-12/h12,14H,2-11H2,1H3. The van der Waals surface area contributed by atoms with Crippen LogP contribution in [-0.4, -0.2) is 37.2 Å². The van der Waals surface area contributed by atoms with Crippen molar-refractivity contribution in [3.63, 3.8) is 0 Å². The lowest BCUT2D eigenvalue weighted by molar-refractivity contribution is -0.143. The number of hydrogen-bond acceptors (Lipinski definition) is 4. The van der Waals surface area contributed by atoms with Crippen LogP contribution in [-0.2, 0) is 9.53 Å². The number of carbonyl (C=O) groups excluding carboxylic acids is 1. The van der Waals surface area contributed by atoms with Crippen LogP contribution in [0.5, 0.6) is 0 Å². The molecule has 0 aromatic carbocycles. The van der Waals surface area contributed by atoms with Gasteiger partial charge in [0.15, 0.2) is 0 Å². The quantitative estimate of drug-likeness (QED) is 0.537. The summed E-state index contributed by atoms with van der Waals surface area (Å²) < 4.78 is 5.11. The van der Waals surface area contributed by atoms with Gasteiger partial charge in [-0.05, 0) is 44.0 Å². The van der Waals surface area contributed by atoms with Crippen molar-refractivity contribution in [2.24, 2.45) is 5.92 Å². The highest BCUT2D eigenvalue weighted by molar-refractivity contribution is 7.99. The van der Waals surface area contributed by atoms with Crippen molar-refractivity contribution >= 4 is 17.7 Å². The molecule has 1 rings (SSSR count). The first kappa shape index (κ1) is 14.8. The van der Waals surface area contributed by atoms with Crippen LogP contribution in [0.25, 0.3) is 0 Å². The Morgan fingerprint density at radius 1 is 1.41 bits per heavy atom. The summed E-state index contributed by atoms with van der Waals surface area (Å²) in [5, 5.41) is 3.37. The van der Waals surface area contributed by atoms with Gasteiger partial charge in [-0.1, -0.05) is 13.3 Å². The van der Waals surface area contributed by atoms with E-state index in [0.29, 0.717) is 13.0 Å². The number of unbranched alkanes of at least 4 members (excludes halogenated alkanes) is 1. The lowest BCUT2D eigenvalue weighted by Crippen LogP contribution is -2.28. The zero-order valence-electron chi connectivity index (χ0n) is 10.9. The minimum absolute atomic E-state index is 0.0312. The third-order valence-electron chi connectivity index (χ3n) is 3.02. The molecule has 1 heterocycles. The van der Waals surface area contributed by atoms with Crippen LogP contribution >= 0.6 is 11.8 Å². The van der Waals surface area contributed by atoms with E-state index in [1.165, 1.54) is 18.6 Å². The molecule has 0 aliphatic carbocycles. The topological polar surface area (TPSA) is 38.3 Å². The Bertz CT molecular complexity index is 206. The number of carbonyl (C=O) groups is 1. The van der Waals surface area contributed by atoms with Crippen LogP contribution in [0.15, 0.2) is 0 Å². The highest BCUT2D eigenvalue weighted by Crippen LogP contribution is 2.18.